The van der Waals surface area contributed by atoms with Crippen LogP contribution in [-0.4, -0.2) is 14.5 Å². The van der Waals surface area contributed by atoms with E-state index in [2.05, 4.69) is 9.97 Å². The first kappa shape index (κ1) is 11.8. The summed E-state index contributed by atoms with van der Waals surface area (Å²) in [6, 6.07) is 3.24. The van der Waals surface area contributed by atoms with Crippen molar-refractivity contribution in [2.75, 3.05) is 0 Å². The van der Waals surface area contributed by atoms with Crippen LogP contribution in [0.5, 0.6) is 5.75 Å². The van der Waals surface area contributed by atoms with Gasteiger partial charge in [-0.1, -0.05) is 11.6 Å². The van der Waals surface area contributed by atoms with Gasteiger partial charge in [-0.05, 0) is 12.1 Å². The molecule has 2 aromatic heterocycles. The van der Waals surface area contributed by atoms with Crippen molar-refractivity contribution in [3.63, 3.8) is 0 Å². The van der Waals surface area contributed by atoms with Crippen LogP contribution >= 0.6 is 11.6 Å². The predicted molar refractivity (Wildman–Crippen MR) is 57.1 cm³/mol. The molecule has 0 atom stereocenters. The van der Waals surface area contributed by atoms with Gasteiger partial charge in [0.25, 0.3) is 0 Å². The summed E-state index contributed by atoms with van der Waals surface area (Å²) in [6.45, 7) is -2.73. The first-order valence-corrected chi connectivity index (χ1v) is 5.09. The Balaban J connectivity index is 2.08. The monoisotopic (exact) mass is 259 g/mol. The zero-order valence-corrected chi connectivity index (χ0v) is 9.31. The molecule has 17 heavy (non-hydrogen) atoms. The number of nitrogens with zero attached hydrogens (tertiary/aromatic N) is 3. The molecule has 0 fully saturated rings. The molecule has 0 bridgehead atoms. The molecule has 0 aliphatic carbocycles. The number of pyridine rings is 1. The average Bonchev–Trinajstić information content (AvgIpc) is 2.76. The van der Waals surface area contributed by atoms with Gasteiger partial charge in [-0.25, -0.2) is 9.97 Å². The summed E-state index contributed by atoms with van der Waals surface area (Å²) in [7, 11) is 0. The standard InChI is InChI=1S/C10H8ClF2N3O/c11-9-7(2-1-3-15-9)17-6-8-14-4-5-16(8)10(12)13/h1-5,10H,6H2. The fraction of sp³-hybridized carbons (Fsp3) is 0.200. The highest BCUT2D eigenvalue weighted by Gasteiger charge is 2.12. The first-order chi connectivity index (χ1) is 8.18. The highest BCUT2D eigenvalue weighted by Crippen LogP contribution is 2.22. The van der Waals surface area contributed by atoms with Crippen molar-refractivity contribution >= 4 is 11.6 Å². The van der Waals surface area contributed by atoms with Crippen molar-refractivity contribution in [1.82, 2.24) is 14.5 Å². The normalized spacial score (nSPS) is 10.8. The number of aromatic nitrogens is 3. The van der Waals surface area contributed by atoms with E-state index in [9.17, 15) is 8.78 Å². The molecule has 0 aliphatic rings. The summed E-state index contributed by atoms with van der Waals surface area (Å²) in [6.07, 6.45) is 3.99. The minimum Gasteiger partial charge on any atom is -0.482 e. The second-order valence-corrected chi connectivity index (χ2v) is 3.47. The van der Waals surface area contributed by atoms with Gasteiger partial charge in [-0.2, -0.15) is 8.78 Å². The summed E-state index contributed by atoms with van der Waals surface area (Å²) in [5.74, 6) is 0.456. The molecule has 4 nitrogen and oxygen atoms in total. The van der Waals surface area contributed by atoms with E-state index in [1.165, 1.54) is 18.6 Å². The predicted octanol–water partition coefficient (Wildman–Crippen LogP) is 2.91. The Kier molecular flexibility index (Phi) is 3.53. The van der Waals surface area contributed by atoms with Gasteiger partial charge < -0.3 is 4.74 Å². The van der Waals surface area contributed by atoms with E-state index in [0.29, 0.717) is 5.75 Å². The zero-order valence-electron chi connectivity index (χ0n) is 8.55. The van der Waals surface area contributed by atoms with Gasteiger partial charge >= 0.3 is 6.55 Å². The van der Waals surface area contributed by atoms with E-state index >= 15 is 0 Å². The molecule has 0 aromatic carbocycles. The van der Waals surface area contributed by atoms with Crippen LogP contribution in [0.15, 0.2) is 30.7 Å². The highest BCUT2D eigenvalue weighted by atomic mass is 35.5. The Labute approximate surface area is 101 Å². The minimum absolute atomic E-state index is 0.0945. The van der Waals surface area contributed by atoms with Gasteiger partial charge in [-0.3, -0.25) is 4.57 Å². The van der Waals surface area contributed by atoms with E-state index in [1.54, 1.807) is 12.1 Å². The maximum Gasteiger partial charge on any atom is 0.320 e. The van der Waals surface area contributed by atoms with Crippen molar-refractivity contribution in [3.05, 3.63) is 41.7 Å². The number of alkyl halides is 2. The van der Waals surface area contributed by atoms with Gasteiger partial charge in [0.1, 0.15) is 6.61 Å². The van der Waals surface area contributed by atoms with Crippen LogP contribution in [-0.2, 0) is 6.61 Å². The molecule has 0 N–H and O–H groups in total. The number of halogens is 3. The van der Waals surface area contributed by atoms with Crippen LogP contribution in [0.3, 0.4) is 0 Å². The smallest absolute Gasteiger partial charge is 0.320 e. The summed E-state index contributed by atoms with van der Waals surface area (Å²) in [4.78, 5) is 7.58. The number of hydrogen-bond donors (Lipinski definition) is 0. The van der Waals surface area contributed by atoms with Crippen LogP contribution in [0, 0.1) is 0 Å². The number of ether oxygens (including phenoxy) is 1. The van der Waals surface area contributed by atoms with E-state index in [0.717, 1.165) is 4.57 Å². The Morgan fingerprint density at radius 2 is 2.18 bits per heavy atom. The summed E-state index contributed by atoms with van der Waals surface area (Å²) in [5, 5.41) is 0.183. The third-order valence-corrected chi connectivity index (χ3v) is 2.32. The molecule has 2 heterocycles. The zero-order chi connectivity index (χ0) is 12.3. The molecule has 0 saturated heterocycles. The third kappa shape index (κ3) is 2.71. The Morgan fingerprint density at radius 1 is 1.35 bits per heavy atom. The second kappa shape index (κ2) is 5.09. The second-order valence-electron chi connectivity index (χ2n) is 3.11. The third-order valence-electron chi connectivity index (χ3n) is 2.04. The van der Waals surface area contributed by atoms with Gasteiger partial charge in [0, 0.05) is 18.6 Å². The molecular formula is C10H8ClF2N3O. The fourth-order valence-corrected chi connectivity index (χ4v) is 1.43. The molecule has 0 spiro atoms. The van der Waals surface area contributed by atoms with Gasteiger partial charge in [-0.15, -0.1) is 0 Å². The quantitative estimate of drug-likeness (QED) is 0.793. The number of imidazole rings is 1. The molecular weight excluding hydrogens is 252 g/mol. The molecule has 2 aromatic rings. The van der Waals surface area contributed by atoms with Crippen molar-refractivity contribution < 1.29 is 13.5 Å². The van der Waals surface area contributed by atoms with Crippen molar-refractivity contribution in [3.8, 4) is 5.75 Å². The van der Waals surface area contributed by atoms with Gasteiger partial charge in [0.2, 0.25) is 0 Å². The molecule has 0 aliphatic heterocycles. The lowest BCUT2D eigenvalue weighted by molar-refractivity contribution is 0.0632. The van der Waals surface area contributed by atoms with Crippen LogP contribution in [0.25, 0.3) is 0 Å². The first-order valence-electron chi connectivity index (χ1n) is 4.71. The SMILES string of the molecule is FC(F)n1ccnc1COc1cccnc1Cl. The number of hydrogen-bond acceptors (Lipinski definition) is 3. The molecule has 0 unspecified atom stereocenters. The fourth-order valence-electron chi connectivity index (χ4n) is 1.25. The van der Waals surface area contributed by atoms with E-state index in [4.69, 9.17) is 16.3 Å². The molecule has 0 radical (unpaired) electrons. The summed E-state index contributed by atoms with van der Waals surface area (Å²) < 4.78 is 31.0. The van der Waals surface area contributed by atoms with E-state index in [-0.39, 0.29) is 17.6 Å². The average molecular weight is 260 g/mol. The lowest BCUT2D eigenvalue weighted by Gasteiger charge is -2.08. The minimum atomic E-state index is -2.64. The highest BCUT2D eigenvalue weighted by molar-refractivity contribution is 6.30. The van der Waals surface area contributed by atoms with Crippen LogP contribution < -0.4 is 4.74 Å². The molecule has 90 valence electrons. The summed E-state index contributed by atoms with van der Waals surface area (Å²) >= 11 is 5.76. The Morgan fingerprint density at radius 3 is 2.88 bits per heavy atom. The maximum atomic E-state index is 12.5. The van der Waals surface area contributed by atoms with E-state index in [1.807, 2.05) is 0 Å². The van der Waals surface area contributed by atoms with Crippen molar-refractivity contribution in [1.29, 1.82) is 0 Å². The number of rotatable bonds is 4. The van der Waals surface area contributed by atoms with E-state index < -0.39 is 6.55 Å². The van der Waals surface area contributed by atoms with Crippen molar-refractivity contribution in [2.45, 2.75) is 13.2 Å². The topological polar surface area (TPSA) is 39.9 Å². The molecule has 7 heteroatoms. The van der Waals surface area contributed by atoms with Gasteiger partial charge in [0.05, 0.1) is 0 Å². The molecule has 0 amide bonds. The summed E-state index contributed by atoms with van der Waals surface area (Å²) in [5.41, 5.74) is 0. The lowest BCUT2D eigenvalue weighted by Crippen LogP contribution is -2.07. The Hall–Kier alpha value is -1.69. The lowest BCUT2D eigenvalue weighted by atomic mass is 10.4. The largest absolute Gasteiger partial charge is 0.482 e. The van der Waals surface area contributed by atoms with Crippen LogP contribution in [0.4, 0.5) is 8.78 Å². The van der Waals surface area contributed by atoms with Crippen LogP contribution in [0.1, 0.15) is 12.4 Å². The van der Waals surface area contributed by atoms with Gasteiger partial charge in [0.15, 0.2) is 16.7 Å². The molecule has 0 saturated carbocycles. The maximum absolute atomic E-state index is 12.5. The molecule has 2 rings (SSSR count). The Bertz CT molecular complexity index is 504. The van der Waals surface area contributed by atoms with Crippen LogP contribution in [0.2, 0.25) is 5.15 Å². The van der Waals surface area contributed by atoms with Crippen molar-refractivity contribution in [2.24, 2.45) is 0 Å².